The van der Waals surface area contributed by atoms with Gasteiger partial charge in [-0.3, -0.25) is 0 Å². The monoisotopic (exact) mass is 265 g/mol. The molecular weight excluding hydrogens is 250 g/mol. The van der Waals surface area contributed by atoms with Crippen LogP contribution in [0.1, 0.15) is 11.1 Å². The Bertz CT molecular complexity index is 633. The Morgan fingerprint density at radius 1 is 0.800 bits per heavy atom. The van der Waals surface area contributed by atoms with Crippen LogP contribution in [0.3, 0.4) is 0 Å². The molecule has 0 N–H and O–H groups in total. The molecule has 0 radical (unpaired) electrons. The van der Waals surface area contributed by atoms with E-state index >= 15 is 0 Å². The second kappa shape index (κ2) is 6.02. The van der Waals surface area contributed by atoms with Crippen molar-refractivity contribution < 1.29 is 4.74 Å². The molecule has 4 nitrogen and oxygen atoms in total. The van der Waals surface area contributed by atoms with Crippen LogP contribution in [-0.4, -0.2) is 14.8 Å². The largest absolute Gasteiger partial charge is 0.489 e. The lowest BCUT2D eigenvalue weighted by atomic mass is 10.2. The summed E-state index contributed by atoms with van der Waals surface area (Å²) in [6.07, 6.45) is 3.42. The van der Waals surface area contributed by atoms with Gasteiger partial charge in [-0.2, -0.15) is 0 Å². The van der Waals surface area contributed by atoms with E-state index in [1.165, 1.54) is 11.1 Å². The first-order valence-corrected chi connectivity index (χ1v) is 6.48. The van der Waals surface area contributed by atoms with Gasteiger partial charge in [-0.05, 0) is 23.3 Å². The molecule has 20 heavy (non-hydrogen) atoms. The van der Waals surface area contributed by atoms with Gasteiger partial charge in [0.1, 0.15) is 25.0 Å². The zero-order chi connectivity index (χ0) is 13.6. The summed E-state index contributed by atoms with van der Waals surface area (Å²) < 4.78 is 7.68. The molecule has 0 spiro atoms. The van der Waals surface area contributed by atoms with Gasteiger partial charge >= 0.3 is 0 Å². The molecule has 3 aromatic rings. The number of hydrogen-bond donors (Lipinski definition) is 0. The maximum absolute atomic E-state index is 5.75. The normalized spacial score (nSPS) is 10.4. The quantitative estimate of drug-likeness (QED) is 0.712. The number of aromatic nitrogens is 3. The number of hydrogen-bond acceptors (Lipinski definition) is 3. The fourth-order valence-corrected chi connectivity index (χ4v) is 1.95. The van der Waals surface area contributed by atoms with Gasteiger partial charge in [0.15, 0.2) is 0 Å². The molecule has 0 atom stereocenters. The SMILES string of the molecule is c1ccc(COc2ccc(Cn3cnnc3)cc2)cc1. The fourth-order valence-electron chi connectivity index (χ4n) is 1.95. The van der Waals surface area contributed by atoms with Gasteiger partial charge in [0.25, 0.3) is 0 Å². The molecule has 0 saturated carbocycles. The lowest BCUT2D eigenvalue weighted by Crippen LogP contribution is -1.98. The summed E-state index contributed by atoms with van der Waals surface area (Å²) in [7, 11) is 0. The van der Waals surface area contributed by atoms with Gasteiger partial charge < -0.3 is 9.30 Å². The van der Waals surface area contributed by atoms with E-state index in [0.29, 0.717) is 6.61 Å². The minimum Gasteiger partial charge on any atom is -0.489 e. The maximum Gasteiger partial charge on any atom is 0.119 e. The molecule has 2 aromatic carbocycles. The molecule has 0 aliphatic heterocycles. The molecule has 100 valence electrons. The average Bonchev–Trinajstić information content (AvgIpc) is 3.01. The van der Waals surface area contributed by atoms with E-state index < -0.39 is 0 Å². The van der Waals surface area contributed by atoms with Crippen molar-refractivity contribution in [1.29, 1.82) is 0 Å². The summed E-state index contributed by atoms with van der Waals surface area (Å²) in [5.41, 5.74) is 2.36. The topological polar surface area (TPSA) is 39.9 Å². The van der Waals surface area contributed by atoms with Crippen LogP contribution in [0.2, 0.25) is 0 Å². The van der Waals surface area contributed by atoms with Crippen molar-refractivity contribution in [3.63, 3.8) is 0 Å². The number of rotatable bonds is 5. The third-order valence-electron chi connectivity index (χ3n) is 3.00. The summed E-state index contributed by atoms with van der Waals surface area (Å²) in [6.45, 7) is 1.36. The van der Waals surface area contributed by atoms with Gasteiger partial charge in [-0.15, -0.1) is 10.2 Å². The van der Waals surface area contributed by atoms with E-state index in [0.717, 1.165) is 12.3 Å². The summed E-state index contributed by atoms with van der Waals surface area (Å²) in [6, 6.07) is 18.2. The van der Waals surface area contributed by atoms with Crippen molar-refractivity contribution in [2.75, 3.05) is 0 Å². The van der Waals surface area contributed by atoms with Crippen molar-refractivity contribution >= 4 is 0 Å². The minimum atomic E-state index is 0.589. The highest BCUT2D eigenvalue weighted by atomic mass is 16.5. The Kier molecular flexibility index (Phi) is 3.73. The van der Waals surface area contributed by atoms with Crippen molar-refractivity contribution in [1.82, 2.24) is 14.8 Å². The molecule has 0 bridgehead atoms. The van der Waals surface area contributed by atoms with Gasteiger partial charge in [0.05, 0.1) is 0 Å². The third-order valence-corrected chi connectivity index (χ3v) is 3.00. The van der Waals surface area contributed by atoms with Gasteiger partial charge in [0.2, 0.25) is 0 Å². The first-order chi connectivity index (χ1) is 9.90. The van der Waals surface area contributed by atoms with Crippen LogP contribution in [0.25, 0.3) is 0 Å². The van der Waals surface area contributed by atoms with E-state index in [-0.39, 0.29) is 0 Å². The molecule has 4 heteroatoms. The zero-order valence-corrected chi connectivity index (χ0v) is 11.0. The van der Waals surface area contributed by atoms with Crippen LogP contribution in [0.15, 0.2) is 67.3 Å². The van der Waals surface area contributed by atoms with Gasteiger partial charge in [0, 0.05) is 6.54 Å². The van der Waals surface area contributed by atoms with Crippen molar-refractivity contribution in [3.8, 4) is 5.75 Å². The molecular formula is C16H15N3O. The first-order valence-electron chi connectivity index (χ1n) is 6.48. The van der Waals surface area contributed by atoms with Crippen LogP contribution < -0.4 is 4.74 Å². The lowest BCUT2D eigenvalue weighted by molar-refractivity contribution is 0.306. The maximum atomic E-state index is 5.75. The Hall–Kier alpha value is -2.62. The molecule has 0 saturated heterocycles. The van der Waals surface area contributed by atoms with E-state index in [9.17, 15) is 0 Å². The highest BCUT2D eigenvalue weighted by molar-refractivity contribution is 5.28. The summed E-state index contributed by atoms with van der Waals surface area (Å²) in [4.78, 5) is 0. The Morgan fingerprint density at radius 2 is 1.50 bits per heavy atom. The summed E-state index contributed by atoms with van der Waals surface area (Å²) in [5, 5.41) is 7.57. The van der Waals surface area contributed by atoms with Crippen LogP contribution in [-0.2, 0) is 13.2 Å². The molecule has 0 aliphatic rings. The van der Waals surface area contributed by atoms with Crippen LogP contribution in [0.5, 0.6) is 5.75 Å². The Balaban J connectivity index is 1.59. The molecule has 1 aromatic heterocycles. The lowest BCUT2D eigenvalue weighted by Gasteiger charge is -2.07. The molecule has 0 fully saturated rings. The average molecular weight is 265 g/mol. The highest BCUT2D eigenvalue weighted by Crippen LogP contribution is 2.14. The predicted molar refractivity (Wildman–Crippen MR) is 76.3 cm³/mol. The van der Waals surface area contributed by atoms with E-state index in [1.54, 1.807) is 12.7 Å². The van der Waals surface area contributed by atoms with Crippen LogP contribution in [0, 0.1) is 0 Å². The number of ether oxygens (including phenoxy) is 1. The van der Waals surface area contributed by atoms with Crippen molar-refractivity contribution in [2.45, 2.75) is 13.2 Å². The minimum absolute atomic E-state index is 0.589. The molecule has 0 aliphatic carbocycles. The summed E-state index contributed by atoms with van der Waals surface area (Å²) >= 11 is 0. The van der Waals surface area contributed by atoms with E-state index in [4.69, 9.17) is 4.74 Å². The zero-order valence-electron chi connectivity index (χ0n) is 11.0. The van der Waals surface area contributed by atoms with Crippen LogP contribution in [0.4, 0.5) is 0 Å². The second-order valence-corrected chi connectivity index (χ2v) is 4.55. The standard InChI is InChI=1S/C16H15N3O/c1-2-4-15(5-3-1)11-20-16-8-6-14(7-9-16)10-19-12-17-18-13-19/h1-9,12-13H,10-11H2. The molecule has 1 heterocycles. The van der Waals surface area contributed by atoms with Crippen LogP contribution >= 0.6 is 0 Å². The third kappa shape index (κ3) is 3.23. The predicted octanol–water partition coefficient (Wildman–Crippen LogP) is 2.91. The van der Waals surface area contributed by atoms with Gasteiger partial charge in [-0.25, -0.2) is 0 Å². The smallest absolute Gasteiger partial charge is 0.119 e. The molecule has 0 amide bonds. The Labute approximate surface area is 117 Å². The van der Waals surface area contributed by atoms with Gasteiger partial charge in [-0.1, -0.05) is 42.5 Å². The van der Waals surface area contributed by atoms with E-state index in [1.807, 2.05) is 34.9 Å². The first kappa shape index (κ1) is 12.4. The second-order valence-electron chi connectivity index (χ2n) is 4.55. The molecule has 3 rings (SSSR count). The summed E-state index contributed by atoms with van der Waals surface area (Å²) in [5.74, 6) is 0.876. The number of nitrogens with zero attached hydrogens (tertiary/aromatic N) is 3. The van der Waals surface area contributed by atoms with Crippen molar-refractivity contribution in [3.05, 3.63) is 78.4 Å². The van der Waals surface area contributed by atoms with E-state index in [2.05, 4.69) is 34.5 Å². The fraction of sp³-hybridized carbons (Fsp3) is 0.125. The highest BCUT2D eigenvalue weighted by Gasteiger charge is 1.98. The number of benzene rings is 2. The molecule has 0 unspecified atom stereocenters. The Morgan fingerprint density at radius 3 is 2.20 bits per heavy atom. The van der Waals surface area contributed by atoms with Crippen molar-refractivity contribution in [2.24, 2.45) is 0 Å².